The van der Waals surface area contributed by atoms with E-state index < -0.39 is 4.92 Å². The number of nitro groups is 1. The van der Waals surface area contributed by atoms with Gasteiger partial charge in [0, 0.05) is 34.0 Å². The molecule has 0 aliphatic carbocycles. The number of rotatable bonds is 2. The van der Waals surface area contributed by atoms with Crippen LogP contribution in [0.1, 0.15) is 11.1 Å². The van der Waals surface area contributed by atoms with E-state index in [9.17, 15) is 14.9 Å². The van der Waals surface area contributed by atoms with E-state index in [2.05, 4.69) is 5.32 Å². The summed E-state index contributed by atoms with van der Waals surface area (Å²) in [4.78, 5) is 22.1. The van der Waals surface area contributed by atoms with Crippen molar-refractivity contribution in [2.45, 2.75) is 0 Å². The fraction of sp³-hybridized carbons (Fsp3) is 0. The second kappa shape index (κ2) is 5.03. The van der Waals surface area contributed by atoms with E-state index in [-0.39, 0.29) is 11.6 Å². The highest BCUT2D eigenvalue weighted by atomic mass is 35.5. The first-order chi connectivity index (χ1) is 10.0. The number of benzene rings is 2. The first kappa shape index (κ1) is 13.3. The zero-order valence-corrected chi connectivity index (χ0v) is 11.4. The number of non-ortho nitro benzene ring substituents is 1. The Morgan fingerprint density at radius 1 is 1.14 bits per heavy atom. The van der Waals surface area contributed by atoms with Gasteiger partial charge >= 0.3 is 0 Å². The summed E-state index contributed by atoms with van der Waals surface area (Å²) in [5.74, 6) is -0.217. The van der Waals surface area contributed by atoms with Crippen molar-refractivity contribution in [3.8, 4) is 0 Å². The number of halogens is 1. The van der Waals surface area contributed by atoms with Crippen LogP contribution in [0.15, 0.2) is 42.5 Å². The number of hydrogen-bond acceptors (Lipinski definition) is 3. The van der Waals surface area contributed by atoms with Gasteiger partial charge in [-0.15, -0.1) is 0 Å². The maximum atomic E-state index is 12.0. The number of fused-ring (bicyclic) bond motifs is 1. The van der Waals surface area contributed by atoms with Gasteiger partial charge in [0.1, 0.15) is 0 Å². The summed E-state index contributed by atoms with van der Waals surface area (Å²) in [6, 6.07) is 11.2. The summed E-state index contributed by atoms with van der Waals surface area (Å²) in [5.41, 5.74) is 2.64. The maximum absolute atomic E-state index is 12.0. The minimum absolute atomic E-state index is 0.0106. The van der Waals surface area contributed by atoms with Crippen molar-refractivity contribution in [3.05, 3.63) is 68.7 Å². The first-order valence-electron chi connectivity index (χ1n) is 6.12. The molecule has 1 heterocycles. The van der Waals surface area contributed by atoms with E-state index in [0.717, 1.165) is 5.56 Å². The lowest BCUT2D eigenvalue weighted by atomic mass is 10.0. The van der Waals surface area contributed by atoms with Crippen molar-refractivity contribution in [1.29, 1.82) is 0 Å². The zero-order valence-electron chi connectivity index (χ0n) is 10.7. The molecule has 6 heteroatoms. The molecule has 0 unspecified atom stereocenters. The lowest BCUT2D eigenvalue weighted by molar-refractivity contribution is -0.384. The molecule has 2 aromatic rings. The second-order valence-electron chi connectivity index (χ2n) is 4.55. The molecule has 1 amide bonds. The molecule has 5 nitrogen and oxygen atoms in total. The third kappa shape index (κ3) is 2.51. The Hall–Kier alpha value is -2.66. The Bertz CT molecular complexity index is 782. The molecule has 1 N–H and O–H groups in total. The average Bonchev–Trinajstić information content (AvgIpc) is 2.76. The van der Waals surface area contributed by atoms with Crippen LogP contribution in [0.25, 0.3) is 11.6 Å². The summed E-state index contributed by atoms with van der Waals surface area (Å²) in [7, 11) is 0. The molecule has 0 fully saturated rings. The molecule has 0 saturated carbocycles. The predicted molar refractivity (Wildman–Crippen MR) is 81.0 cm³/mol. The van der Waals surface area contributed by atoms with E-state index in [1.165, 1.54) is 12.1 Å². The molecule has 104 valence electrons. The average molecular weight is 301 g/mol. The smallest absolute Gasteiger partial charge is 0.269 e. The van der Waals surface area contributed by atoms with Crippen LogP contribution in [0.4, 0.5) is 11.4 Å². The highest BCUT2D eigenvalue weighted by molar-refractivity contribution is 6.36. The molecule has 1 aliphatic heterocycles. The molecule has 0 spiro atoms. The highest BCUT2D eigenvalue weighted by Gasteiger charge is 2.24. The summed E-state index contributed by atoms with van der Waals surface area (Å²) >= 11 is 5.95. The molecule has 21 heavy (non-hydrogen) atoms. The number of nitrogens with zero attached hydrogens (tertiary/aromatic N) is 1. The molecule has 1 aliphatic rings. The first-order valence-corrected chi connectivity index (χ1v) is 6.50. The van der Waals surface area contributed by atoms with Crippen LogP contribution in [-0.2, 0) is 4.79 Å². The summed E-state index contributed by atoms with van der Waals surface area (Å²) < 4.78 is 0. The van der Waals surface area contributed by atoms with Crippen molar-refractivity contribution in [3.63, 3.8) is 0 Å². The van der Waals surface area contributed by atoms with Crippen LogP contribution in [0, 0.1) is 10.1 Å². The molecule has 0 atom stereocenters. The number of nitrogens with one attached hydrogen (secondary N) is 1. The van der Waals surface area contributed by atoms with E-state index in [4.69, 9.17) is 11.6 Å². The van der Waals surface area contributed by atoms with Crippen molar-refractivity contribution >= 4 is 40.5 Å². The van der Waals surface area contributed by atoms with Gasteiger partial charge in [-0.1, -0.05) is 11.6 Å². The third-order valence-corrected chi connectivity index (χ3v) is 3.41. The fourth-order valence-corrected chi connectivity index (χ4v) is 2.33. The Morgan fingerprint density at radius 3 is 2.52 bits per heavy atom. The topological polar surface area (TPSA) is 72.2 Å². The Morgan fingerprint density at radius 2 is 1.86 bits per heavy atom. The lowest BCUT2D eigenvalue weighted by Crippen LogP contribution is -2.03. The molecule has 0 radical (unpaired) electrons. The van der Waals surface area contributed by atoms with Crippen molar-refractivity contribution in [1.82, 2.24) is 0 Å². The highest BCUT2D eigenvalue weighted by Crippen LogP contribution is 2.35. The minimum atomic E-state index is -0.464. The molecule has 2 aromatic carbocycles. The van der Waals surface area contributed by atoms with Crippen molar-refractivity contribution in [2.75, 3.05) is 5.32 Å². The quantitative estimate of drug-likeness (QED) is 0.521. The number of hydrogen-bond donors (Lipinski definition) is 1. The van der Waals surface area contributed by atoms with Crippen LogP contribution < -0.4 is 5.32 Å². The van der Waals surface area contributed by atoms with Gasteiger partial charge in [0.15, 0.2) is 0 Å². The van der Waals surface area contributed by atoms with E-state index in [1.54, 1.807) is 36.4 Å². The van der Waals surface area contributed by atoms with E-state index in [0.29, 0.717) is 21.8 Å². The third-order valence-electron chi connectivity index (χ3n) is 3.18. The SMILES string of the molecule is O=C1Nc2ccc(Cl)cc2/C1=C/c1ccc([N+](=O)[O-])cc1. The van der Waals surface area contributed by atoms with Crippen molar-refractivity contribution < 1.29 is 9.72 Å². The zero-order chi connectivity index (χ0) is 15.0. The largest absolute Gasteiger partial charge is 0.321 e. The predicted octanol–water partition coefficient (Wildman–Crippen LogP) is 3.74. The van der Waals surface area contributed by atoms with E-state index in [1.807, 2.05) is 0 Å². The number of anilines is 1. The standard InChI is InChI=1S/C15H9ClN2O3/c16-10-3-6-14-12(8-10)13(15(19)17-14)7-9-1-4-11(5-2-9)18(20)21/h1-8H,(H,17,19)/b13-7-. The van der Waals surface area contributed by atoms with Crippen LogP contribution >= 0.6 is 11.6 Å². The molecule has 0 aromatic heterocycles. The number of carbonyl (C=O) groups excluding carboxylic acids is 1. The summed E-state index contributed by atoms with van der Waals surface area (Å²) in [5, 5.41) is 13.9. The van der Waals surface area contributed by atoms with Gasteiger partial charge in [-0.2, -0.15) is 0 Å². The van der Waals surface area contributed by atoms with Crippen LogP contribution in [0.2, 0.25) is 5.02 Å². The Balaban J connectivity index is 2.02. The fourth-order valence-electron chi connectivity index (χ4n) is 2.16. The molecular formula is C15H9ClN2O3. The Kier molecular flexibility index (Phi) is 3.19. The van der Waals surface area contributed by atoms with Crippen molar-refractivity contribution in [2.24, 2.45) is 0 Å². The van der Waals surface area contributed by atoms with Gasteiger partial charge in [-0.3, -0.25) is 14.9 Å². The van der Waals surface area contributed by atoms with Gasteiger partial charge in [-0.25, -0.2) is 0 Å². The lowest BCUT2D eigenvalue weighted by Gasteiger charge is -1.99. The molecular weight excluding hydrogens is 292 g/mol. The van der Waals surface area contributed by atoms with Crippen LogP contribution in [0.5, 0.6) is 0 Å². The van der Waals surface area contributed by atoms with Crippen LogP contribution in [-0.4, -0.2) is 10.8 Å². The number of nitro benzene ring substituents is 1. The normalized spacial score (nSPS) is 14.9. The van der Waals surface area contributed by atoms with Gasteiger partial charge < -0.3 is 5.32 Å². The number of carbonyl (C=O) groups is 1. The summed E-state index contributed by atoms with van der Waals surface area (Å²) in [6.45, 7) is 0. The molecule has 3 rings (SSSR count). The Labute approximate surface area is 125 Å². The van der Waals surface area contributed by atoms with Gasteiger partial charge in [-0.05, 0) is 42.0 Å². The van der Waals surface area contributed by atoms with Gasteiger partial charge in [0.2, 0.25) is 0 Å². The summed E-state index contributed by atoms with van der Waals surface area (Å²) in [6.07, 6.45) is 1.68. The van der Waals surface area contributed by atoms with Crippen LogP contribution in [0.3, 0.4) is 0 Å². The molecule has 0 bridgehead atoms. The maximum Gasteiger partial charge on any atom is 0.269 e. The minimum Gasteiger partial charge on any atom is -0.321 e. The van der Waals surface area contributed by atoms with E-state index >= 15 is 0 Å². The van der Waals surface area contributed by atoms with Gasteiger partial charge in [0.25, 0.3) is 11.6 Å². The molecule has 0 saturated heterocycles. The van der Waals surface area contributed by atoms with Gasteiger partial charge in [0.05, 0.1) is 4.92 Å². The number of amides is 1. The second-order valence-corrected chi connectivity index (χ2v) is 4.99. The monoisotopic (exact) mass is 300 g/mol.